The summed E-state index contributed by atoms with van der Waals surface area (Å²) in [6.07, 6.45) is 4.71. The minimum Gasteiger partial charge on any atom is -0.348 e. The number of hydrogen-bond acceptors (Lipinski definition) is 2. The topological polar surface area (TPSA) is 41.9 Å². The number of rotatable bonds is 5. The van der Waals surface area contributed by atoms with Crippen molar-refractivity contribution in [1.82, 2.24) is 14.9 Å². The molecule has 2 aromatic carbocycles. The molecule has 3 rings (SSSR count). The van der Waals surface area contributed by atoms with Crippen molar-refractivity contribution in [3.05, 3.63) is 82.9 Å². The van der Waals surface area contributed by atoms with Gasteiger partial charge in [-0.2, -0.15) is 0 Å². The van der Waals surface area contributed by atoms with Crippen molar-refractivity contribution in [3.63, 3.8) is 0 Å². The van der Waals surface area contributed by atoms with Crippen LogP contribution < -0.4 is 10.6 Å². The maximum Gasteiger partial charge on any atom is 0.171 e. The number of aryl methyl sites for hydroxylation is 2. The summed E-state index contributed by atoms with van der Waals surface area (Å²) >= 11 is 11.6. The summed E-state index contributed by atoms with van der Waals surface area (Å²) in [4.78, 5) is 4.48. The van der Waals surface area contributed by atoms with Crippen molar-refractivity contribution in [2.45, 2.75) is 19.4 Å². The Kier molecular flexibility index (Phi) is 5.91. The van der Waals surface area contributed by atoms with Crippen LogP contribution in [0.5, 0.6) is 0 Å². The van der Waals surface area contributed by atoms with Crippen LogP contribution in [0.25, 0.3) is 0 Å². The molecule has 0 unspecified atom stereocenters. The van der Waals surface area contributed by atoms with Crippen molar-refractivity contribution in [3.8, 4) is 0 Å². The second-order valence-electron chi connectivity index (χ2n) is 6.03. The van der Waals surface area contributed by atoms with Gasteiger partial charge in [0.1, 0.15) is 11.9 Å². The van der Waals surface area contributed by atoms with Crippen LogP contribution in [0.2, 0.25) is 5.02 Å². The van der Waals surface area contributed by atoms with Gasteiger partial charge in [0.25, 0.3) is 0 Å². The van der Waals surface area contributed by atoms with E-state index in [-0.39, 0.29) is 6.04 Å². The summed E-state index contributed by atoms with van der Waals surface area (Å²) in [5, 5.41) is 7.85. The Labute approximate surface area is 164 Å². The molecule has 0 aliphatic carbocycles. The van der Waals surface area contributed by atoms with Gasteiger partial charge in [0.2, 0.25) is 0 Å². The van der Waals surface area contributed by atoms with Crippen molar-refractivity contribution in [2.75, 3.05) is 5.32 Å². The number of anilines is 1. The molecule has 6 heteroatoms. The van der Waals surface area contributed by atoms with Gasteiger partial charge in [0, 0.05) is 30.2 Å². The van der Waals surface area contributed by atoms with Gasteiger partial charge in [0.15, 0.2) is 5.11 Å². The van der Waals surface area contributed by atoms with E-state index in [0.29, 0.717) is 10.1 Å². The monoisotopic (exact) mass is 384 g/mol. The summed E-state index contributed by atoms with van der Waals surface area (Å²) in [5.74, 6) is 0.873. The quantitative estimate of drug-likeness (QED) is 0.625. The second kappa shape index (κ2) is 8.34. The highest BCUT2D eigenvalue weighted by molar-refractivity contribution is 7.80. The predicted molar refractivity (Wildman–Crippen MR) is 112 cm³/mol. The molecule has 0 radical (unpaired) electrons. The van der Waals surface area contributed by atoms with Gasteiger partial charge in [-0.25, -0.2) is 4.98 Å². The van der Waals surface area contributed by atoms with E-state index < -0.39 is 0 Å². The highest BCUT2D eigenvalue weighted by Gasteiger charge is 2.19. The number of aromatic nitrogens is 2. The predicted octanol–water partition coefficient (Wildman–Crippen LogP) is 4.71. The average molecular weight is 385 g/mol. The molecule has 0 fully saturated rings. The first-order valence-electron chi connectivity index (χ1n) is 8.46. The van der Waals surface area contributed by atoms with Crippen LogP contribution >= 0.6 is 23.8 Å². The summed E-state index contributed by atoms with van der Waals surface area (Å²) in [6, 6.07) is 15.8. The average Bonchev–Trinajstić information content (AvgIpc) is 3.07. The number of nitrogens with one attached hydrogen (secondary N) is 2. The lowest BCUT2D eigenvalue weighted by molar-refractivity contribution is 0.664. The Morgan fingerprint density at radius 3 is 2.42 bits per heavy atom. The van der Waals surface area contributed by atoms with Crippen LogP contribution in [-0.4, -0.2) is 14.7 Å². The molecule has 1 atom stereocenters. The number of imidazole rings is 1. The first kappa shape index (κ1) is 18.4. The van der Waals surface area contributed by atoms with E-state index in [9.17, 15) is 0 Å². The molecule has 0 aliphatic rings. The van der Waals surface area contributed by atoms with E-state index in [2.05, 4.69) is 34.7 Å². The fourth-order valence-electron chi connectivity index (χ4n) is 2.73. The molecule has 134 valence electrons. The van der Waals surface area contributed by atoms with Gasteiger partial charge in [-0.15, -0.1) is 0 Å². The van der Waals surface area contributed by atoms with E-state index in [1.807, 2.05) is 54.2 Å². The lowest BCUT2D eigenvalue weighted by atomic mass is 10.1. The molecule has 0 saturated carbocycles. The van der Waals surface area contributed by atoms with Crippen molar-refractivity contribution in [1.29, 1.82) is 0 Å². The Bertz CT molecular complexity index is 872. The van der Waals surface area contributed by atoms with E-state index in [4.69, 9.17) is 23.8 Å². The molecule has 0 aliphatic heterocycles. The van der Waals surface area contributed by atoms with Gasteiger partial charge in [-0.1, -0.05) is 42.8 Å². The Morgan fingerprint density at radius 1 is 1.15 bits per heavy atom. The van der Waals surface area contributed by atoms with Gasteiger partial charge < -0.3 is 15.2 Å². The standard InChI is InChI=1S/C20H21ClN4S/c1-3-14-4-10-17(11-5-14)23-20(26)24-18(19-22-12-13-25(19)2)15-6-8-16(21)9-7-15/h4-13,18H,3H2,1-2H3,(H2,23,24,26)/t18-/m0/s1. The van der Waals surface area contributed by atoms with Crippen LogP contribution in [0.1, 0.15) is 29.9 Å². The zero-order valence-corrected chi connectivity index (χ0v) is 16.3. The Hall–Kier alpha value is -2.37. The van der Waals surface area contributed by atoms with Crippen LogP contribution in [0.4, 0.5) is 5.69 Å². The Balaban J connectivity index is 1.79. The maximum atomic E-state index is 6.03. The third-order valence-electron chi connectivity index (χ3n) is 4.22. The Morgan fingerprint density at radius 2 is 1.85 bits per heavy atom. The normalized spacial score (nSPS) is 11.8. The smallest absolute Gasteiger partial charge is 0.171 e. The van der Waals surface area contributed by atoms with Crippen LogP contribution in [0.3, 0.4) is 0 Å². The zero-order valence-electron chi connectivity index (χ0n) is 14.7. The fourth-order valence-corrected chi connectivity index (χ4v) is 3.09. The van der Waals surface area contributed by atoms with Gasteiger partial charge in [-0.05, 0) is 54.0 Å². The summed E-state index contributed by atoms with van der Waals surface area (Å²) in [6.45, 7) is 2.14. The number of halogens is 1. The SMILES string of the molecule is CCc1ccc(NC(=S)N[C@@H](c2ccc(Cl)cc2)c2nccn2C)cc1. The molecule has 3 aromatic rings. The minimum atomic E-state index is -0.179. The highest BCUT2D eigenvalue weighted by Crippen LogP contribution is 2.22. The molecule has 1 heterocycles. The molecular formula is C20H21ClN4S. The largest absolute Gasteiger partial charge is 0.348 e. The van der Waals surface area contributed by atoms with Gasteiger partial charge >= 0.3 is 0 Å². The van der Waals surface area contributed by atoms with E-state index in [1.54, 1.807) is 6.20 Å². The number of hydrogen-bond donors (Lipinski definition) is 2. The van der Waals surface area contributed by atoms with Crippen molar-refractivity contribution in [2.24, 2.45) is 7.05 Å². The van der Waals surface area contributed by atoms with Crippen LogP contribution in [0.15, 0.2) is 60.9 Å². The first-order chi connectivity index (χ1) is 12.6. The van der Waals surface area contributed by atoms with Gasteiger partial charge in [-0.3, -0.25) is 0 Å². The fraction of sp³-hybridized carbons (Fsp3) is 0.200. The highest BCUT2D eigenvalue weighted by atomic mass is 35.5. The summed E-state index contributed by atoms with van der Waals surface area (Å²) in [7, 11) is 1.97. The van der Waals surface area contributed by atoms with Crippen LogP contribution in [0, 0.1) is 0 Å². The molecule has 26 heavy (non-hydrogen) atoms. The third kappa shape index (κ3) is 4.42. The van der Waals surface area contributed by atoms with Crippen LogP contribution in [-0.2, 0) is 13.5 Å². The van der Waals surface area contributed by atoms with Crippen molar-refractivity contribution >= 4 is 34.6 Å². The first-order valence-corrected chi connectivity index (χ1v) is 9.24. The molecule has 0 amide bonds. The number of thiocarbonyl (C=S) groups is 1. The molecule has 4 nitrogen and oxygen atoms in total. The van der Waals surface area contributed by atoms with E-state index >= 15 is 0 Å². The van der Waals surface area contributed by atoms with E-state index in [1.165, 1.54) is 5.56 Å². The third-order valence-corrected chi connectivity index (χ3v) is 4.69. The summed E-state index contributed by atoms with van der Waals surface area (Å²) in [5.41, 5.74) is 3.28. The van der Waals surface area contributed by atoms with E-state index in [0.717, 1.165) is 23.5 Å². The molecule has 0 bridgehead atoms. The number of benzene rings is 2. The number of nitrogens with zero attached hydrogens (tertiary/aromatic N) is 2. The second-order valence-corrected chi connectivity index (χ2v) is 6.87. The molecular weight excluding hydrogens is 364 g/mol. The molecule has 0 spiro atoms. The molecule has 2 N–H and O–H groups in total. The molecule has 1 aromatic heterocycles. The van der Waals surface area contributed by atoms with Crippen molar-refractivity contribution < 1.29 is 0 Å². The maximum absolute atomic E-state index is 6.03. The summed E-state index contributed by atoms with van der Waals surface area (Å²) < 4.78 is 1.98. The zero-order chi connectivity index (χ0) is 18.5. The minimum absolute atomic E-state index is 0.179. The lowest BCUT2D eigenvalue weighted by Gasteiger charge is -2.21. The molecule has 0 saturated heterocycles. The van der Waals surface area contributed by atoms with Gasteiger partial charge in [0.05, 0.1) is 0 Å². The lowest BCUT2D eigenvalue weighted by Crippen LogP contribution is -2.34.